The molecule has 0 saturated heterocycles. The van der Waals surface area contributed by atoms with Crippen LogP contribution in [0.4, 0.5) is 5.82 Å². The van der Waals surface area contributed by atoms with Crippen molar-refractivity contribution in [3.05, 3.63) is 53.2 Å². The highest BCUT2D eigenvalue weighted by atomic mass is 35.5. The van der Waals surface area contributed by atoms with Gasteiger partial charge >= 0.3 is 5.97 Å². The largest absolute Gasteiger partial charge is 0.449 e. The monoisotopic (exact) mass is 350 g/mol. The van der Waals surface area contributed by atoms with Crippen LogP contribution >= 0.6 is 23.4 Å². The van der Waals surface area contributed by atoms with Gasteiger partial charge in [-0.3, -0.25) is 4.79 Å². The van der Waals surface area contributed by atoms with Gasteiger partial charge in [-0.05, 0) is 37.4 Å². The van der Waals surface area contributed by atoms with Crippen LogP contribution in [0.1, 0.15) is 17.3 Å². The maximum Gasteiger partial charge on any atom is 0.340 e. The van der Waals surface area contributed by atoms with Crippen LogP contribution in [0.3, 0.4) is 0 Å². The Morgan fingerprint density at radius 3 is 2.65 bits per heavy atom. The Kier molecular flexibility index (Phi) is 6.01. The summed E-state index contributed by atoms with van der Waals surface area (Å²) in [6.45, 7) is 1.50. The number of benzene rings is 1. The summed E-state index contributed by atoms with van der Waals surface area (Å²) in [5.41, 5.74) is 0.435. The van der Waals surface area contributed by atoms with Crippen molar-refractivity contribution in [1.29, 1.82) is 0 Å². The second-order valence-electron chi connectivity index (χ2n) is 4.60. The number of aromatic nitrogens is 1. The molecule has 0 spiro atoms. The molecule has 0 radical (unpaired) electrons. The second-order valence-corrected chi connectivity index (χ2v) is 5.88. The van der Waals surface area contributed by atoms with E-state index in [-0.39, 0.29) is 0 Å². The predicted molar refractivity (Wildman–Crippen MR) is 91.0 cm³/mol. The lowest BCUT2D eigenvalue weighted by atomic mass is 10.2. The first-order valence-electron chi connectivity index (χ1n) is 6.77. The molecule has 23 heavy (non-hydrogen) atoms. The number of pyridine rings is 1. The van der Waals surface area contributed by atoms with E-state index in [1.807, 2.05) is 18.4 Å². The minimum atomic E-state index is -0.949. The quantitative estimate of drug-likeness (QED) is 0.658. The van der Waals surface area contributed by atoms with Crippen LogP contribution in [-0.2, 0) is 9.53 Å². The highest BCUT2D eigenvalue weighted by Gasteiger charge is 2.20. The average Bonchev–Trinajstić information content (AvgIpc) is 2.56. The number of carbonyl (C=O) groups excluding carboxylic acids is 2. The van der Waals surface area contributed by atoms with E-state index in [1.54, 1.807) is 24.3 Å². The standard InChI is InChI=1S/C16H15ClN2O3S/c1-10(15(20)19-14-8-7-11(17)9-18-14)22-16(21)12-5-3-4-6-13(12)23-2/h3-10H,1-2H3,(H,18,19,20)/t10-/m1/s1. The summed E-state index contributed by atoms with van der Waals surface area (Å²) in [4.78, 5) is 29.0. The van der Waals surface area contributed by atoms with Gasteiger partial charge < -0.3 is 10.1 Å². The fourth-order valence-corrected chi connectivity index (χ4v) is 2.47. The molecule has 2 aromatic rings. The molecule has 5 nitrogen and oxygen atoms in total. The molecule has 0 bridgehead atoms. The van der Waals surface area contributed by atoms with E-state index in [0.29, 0.717) is 16.4 Å². The summed E-state index contributed by atoms with van der Waals surface area (Å²) in [5.74, 6) is -0.664. The van der Waals surface area contributed by atoms with Crippen molar-refractivity contribution in [3.8, 4) is 0 Å². The first kappa shape index (κ1) is 17.3. The minimum Gasteiger partial charge on any atom is -0.449 e. The number of nitrogens with zero attached hydrogens (tertiary/aromatic N) is 1. The van der Waals surface area contributed by atoms with Gasteiger partial charge in [0.25, 0.3) is 5.91 Å². The Bertz CT molecular complexity index is 707. The third-order valence-corrected chi connectivity index (χ3v) is 3.98. The van der Waals surface area contributed by atoms with E-state index >= 15 is 0 Å². The Morgan fingerprint density at radius 2 is 2.00 bits per heavy atom. The van der Waals surface area contributed by atoms with Crippen molar-refractivity contribution < 1.29 is 14.3 Å². The fraction of sp³-hybridized carbons (Fsp3) is 0.188. The third kappa shape index (κ3) is 4.71. The summed E-state index contributed by atoms with van der Waals surface area (Å²) in [6, 6.07) is 10.3. The Morgan fingerprint density at radius 1 is 1.26 bits per heavy atom. The van der Waals surface area contributed by atoms with Crippen LogP contribution in [-0.4, -0.2) is 29.2 Å². The molecule has 0 aliphatic heterocycles. The van der Waals surface area contributed by atoms with Crippen LogP contribution < -0.4 is 5.32 Å². The molecule has 0 aliphatic rings. The third-order valence-electron chi connectivity index (χ3n) is 2.96. The summed E-state index contributed by atoms with van der Waals surface area (Å²) in [6.07, 6.45) is 2.34. The van der Waals surface area contributed by atoms with Crippen molar-refractivity contribution in [2.24, 2.45) is 0 Å². The molecule has 120 valence electrons. The Balaban J connectivity index is 2.00. The lowest BCUT2D eigenvalue weighted by molar-refractivity contribution is -0.123. The number of nitrogens with one attached hydrogen (secondary N) is 1. The number of hydrogen-bond donors (Lipinski definition) is 1. The van der Waals surface area contributed by atoms with Crippen LogP contribution in [0, 0.1) is 0 Å². The van der Waals surface area contributed by atoms with Gasteiger partial charge in [-0.15, -0.1) is 11.8 Å². The van der Waals surface area contributed by atoms with Crippen molar-refractivity contribution in [2.75, 3.05) is 11.6 Å². The van der Waals surface area contributed by atoms with Crippen LogP contribution in [0.2, 0.25) is 5.02 Å². The van der Waals surface area contributed by atoms with Crippen LogP contribution in [0.15, 0.2) is 47.5 Å². The maximum absolute atomic E-state index is 12.2. The fourth-order valence-electron chi connectivity index (χ4n) is 1.77. The van der Waals surface area contributed by atoms with Crippen molar-refractivity contribution in [2.45, 2.75) is 17.9 Å². The van der Waals surface area contributed by atoms with Gasteiger partial charge in [0.2, 0.25) is 0 Å². The zero-order valence-corrected chi connectivity index (χ0v) is 14.1. The van der Waals surface area contributed by atoms with E-state index in [9.17, 15) is 9.59 Å². The maximum atomic E-state index is 12.2. The van der Waals surface area contributed by atoms with E-state index in [4.69, 9.17) is 16.3 Å². The van der Waals surface area contributed by atoms with Gasteiger partial charge in [-0.2, -0.15) is 0 Å². The predicted octanol–water partition coefficient (Wildman–Crippen LogP) is 3.64. The molecule has 1 N–H and O–H groups in total. The average molecular weight is 351 g/mol. The van der Waals surface area contributed by atoms with Crippen LogP contribution in [0.25, 0.3) is 0 Å². The minimum absolute atomic E-state index is 0.340. The van der Waals surface area contributed by atoms with Crippen LogP contribution in [0.5, 0.6) is 0 Å². The molecule has 1 atom stereocenters. The SMILES string of the molecule is CSc1ccccc1C(=O)O[C@H](C)C(=O)Nc1ccc(Cl)cn1. The summed E-state index contributed by atoms with van der Waals surface area (Å²) in [5, 5.41) is 3.03. The highest BCUT2D eigenvalue weighted by Crippen LogP contribution is 2.21. The first-order chi connectivity index (χ1) is 11.0. The molecule has 0 fully saturated rings. The number of rotatable bonds is 5. The molecule has 1 aromatic carbocycles. The smallest absolute Gasteiger partial charge is 0.340 e. The molecule has 2 rings (SSSR count). The van der Waals surface area contributed by atoms with Gasteiger partial charge in [0.05, 0.1) is 10.6 Å². The number of thioether (sulfide) groups is 1. The van der Waals surface area contributed by atoms with E-state index in [1.165, 1.54) is 24.9 Å². The van der Waals surface area contributed by atoms with Gasteiger partial charge in [0, 0.05) is 11.1 Å². The van der Waals surface area contributed by atoms with Gasteiger partial charge in [0.1, 0.15) is 5.82 Å². The van der Waals surface area contributed by atoms with E-state index < -0.39 is 18.0 Å². The zero-order chi connectivity index (χ0) is 16.8. The van der Waals surface area contributed by atoms with Crippen molar-refractivity contribution in [1.82, 2.24) is 4.98 Å². The number of anilines is 1. The summed E-state index contributed by atoms with van der Waals surface area (Å²) in [7, 11) is 0. The normalized spacial score (nSPS) is 11.6. The molecule has 7 heteroatoms. The Labute approximate surface area is 143 Å². The molecule has 0 saturated carbocycles. The van der Waals surface area contributed by atoms with Gasteiger partial charge in [0.15, 0.2) is 6.10 Å². The molecular weight excluding hydrogens is 336 g/mol. The lowest BCUT2D eigenvalue weighted by Gasteiger charge is -2.14. The molecule has 1 aromatic heterocycles. The first-order valence-corrected chi connectivity index (χ1v) is 8.38. The number of halogens is 1. The zero-order valence-electron chi connectivity index (χ0n) is 12.6. The van der Waals surface area contributed by atoms with Crippen molar-refractivity contribution >= 4 is 41.1 Å². The van der Waals surface area contributed by atoms with Crippen molar-refractivity contribution in [3.63, 3.8) is 0 Å². The van der Waals surface area contributed by atoms with Gasteiger partial charge in [-0.25, -0.2) is 9.78 Å². The summed E-state index contributed by atoms with van der Waals surface area (Å²) < 4.78 is 5.22. The molecule has 0 unspecified atom stereocenters. The van der Waals surface area contributed by atoms with Gasteiger partial charge in [-0.1, -0.05) is 23.7 Å². The number of ether oxygens (including phenoxy) is 1. The molecule has 1 amide bonds. The summed E-state index contributed by atoms with van der Waals surface area (Å²) >= 11 is 7.17. The molecular formula is C16H15ClN2O3S. The highest BCUT2D eigenvalue weighted by molar-refractivity contribution is 7.98. The Hall–Kier alpha value is -2.05. The van der Waals surface area contributed by atoms with E-state index in [0.717, 1.165) is 4.90 Å². The number of amides is 1. The molecule has 0 aliphatic carbocycles. The topological polar surface area (TPSA) is 68.3 Å². The van der Waals surface area contributed by atoms with E-state index in [2.05, 4.69) is 10.3 Å². The lowest BCUT2D eigenvalue weighted by Crippen LogP contribution is -2.30. The number of esters is 1. The number of hydrogen-bond acceptors (Lipinski definition) is 5. The molecule has 1 heterocycles. The second kappa shape index (κ2) is 7.99. The number of carbonyl (C=O) groups is 2.